The number of halogens is 2. The smallest absolute Gasteiger partial charge is 0.271 e. The molecule has 0 aliphatic carbocycles. The molecule has 7 heteroatoms. The van der Waals surface area contributed by atoms with Gasteiger partial charge >= 0.3 is 0 Å². The molecular formula is C19H16F2N4O. The van der Waals surface area contributed by atoms with Gasteiger partial charge in [-0.05, 0) is 24.6 Å². The number of benzene rings is 2. The van der Waals surface area contributed by atoms with E-state index < -0.39 is 11.6 Å². The third-order valence-electron chi connectivity index (χ3n) is 3.65. The summed E-state index contributed by atoms with van der Waals surface area (Å²) < 4.78 is 26.5. The Kier molecular flexibility index (Phi) is 5.17. The molecule has 0 fully saturated rings. The van der Waals surface area contributed by atoms with Gasteiger partial charge in [0.2, 0.25) is 0 Å². The van der Waals surface area contributed by atoms with Crippen LogP contribution in [0.5, 0.6) is 0 Å². The standard InChI is InChI=1S/C19H16F2N4O/c1-12-2-4-13(5-3-12)9-24-19(26)17-10-23-18(11-22-17)25-16-7-6-14(20)8-15(16)21/h2-8,10-11H,9H2,1H3,(H,23,25)(H,24,26). The number of carbonyl (C=O) groups is 1. The molecular weight excluding hydrogens is 338 g/mol. The number of rotatable bonds is 5. The van der Waals surface area contributed by atoms with Crippen molar-refractivity contribution in [3.05, 3.63) is 83.3 Å². The molecule has 1 aromatic heterocycles. The molecule has 3 rings (SSSR count). The van der Waals surface area contributed by atoms with E-state index in [1.54, 1.807) is 0 Å². The quantitative estimate of drug-likeness (QED) is 0.733. The molecule has 5 nitrogen and oxygen atoms in total. The molecule has 2 N–H and O–H groups in total. The predicted octanol–water partition coefficient (Wildman–Crippen LogP) is 3.74. The highest BCUT2D eigenvalue weighted by Gasteiger charge is 2.09. The van der Waals surface area contributed by atoms with Gasteiger partial charge in [0.1, 0.15) is 23.1 Å². The summed E-state index contributed by atoms with van der Waals surface area (Å²) in [7, 11) is 0. The van der Waals surface area contributed by atoms with E-state index in [0.717, 1.165) is 23.3 Å². The van der Waals surface area contributed by atoms with Gasteiger partial charge in [-0.3, -0.25) is 4.79 Å². The van der Waals surface area contributed by atoms with Gasteiger partial charge in [-0.25, -0.2) is 18.7 Å². The van der Waals surface area contributed by atoms with Crippen molar-refractivity contribution in [2.24, 2.45) is 0 Å². The van der Waals surface area contributed by atoms with Crippen LogP contribution in [0.25, 0.3) is 0 Å². The van der Waals surface area contributed by atoms with Crippen LogP contribution in [0.2, 0.25) is 0 Å². The molecule has 1 amide bonds. The van der Waals surface area contributed by atoms with Crippen LogP contribution in [0.1, 0.15) is 21.6 Å². The molecule has 2 aromatic carbocycles. The van der Waals surface area contributed by atoms with E-state index in [1.165, 1.54) is 18.5 Å². The Labute approximate surface area is 149 Å². The van der Waals surface area contributed by atoms with E-state index in [-0.39, 0.29) is 23.1 Å². The molecule has 132 valence electrons. The lowest BCUT2D eigenvalue weighted by Crippen LogP contribution is -2.24. The van der Waals surface area contributed by atoms with E-state index in [4.69, 9.17) is 0 Å². The first-order valence-electron chi connectivity index (χ1n) is 7.89. The molecule has 0 bridgehead atoms. The highest BCUT2D eigenvalue weighted by Crippen LogP contribution is 2.18. The summed E-state index contributed by atoms with van der Waals surface area (Å²) in [4.78, 5) is 20.2. The van der Waals surface area contributed by atoms with Gasteiger partial charge in [-0.1, -0.05) is 29.8 Å². The third kappa shape index (κ3) is 4.38. The zero-order valence-electron chi connectivity index (χ0n) is 14.0. The van der Waals surface area contributed by atoms with Gasteiger partial charge in [-0.2, -0.15) is 0 Å². The first kappa shape index (κ1) is 17.5. The first-order chi connectivity index (χ1) is 12.5. The summed E-state index contributed by atoms with van der Waals surface area (Å²) >= 11 is 0. The van der Waals surface area contributed by atoms with Crippen LogP contribution in [0.3, 0.4) is 0 Å². The van der Waals surface area contributed by atoms with Gasteiger partial charge in [0.15, 0.2) is 0 Å². The summed E-state index contributed by atoms with van der Waals surface area (Å²) in [6.07, 6.45) is 2.60. The second kappa shape index (κ2) is 7.69. The van der Waals surface area contributed by atoms with Crippen LogP contribution < -0.4 is 10.6 Å². The Bertz CT molecular complexity index is 912. The largest absolute Gasteiger partial charge is 0.347 e. The Morgan fingerprint density at radius 1 is 1.04 bits per heavy atom. The van der Waals surface area contributed by atoms with Crippen LogP contribution in [0, 0.1) is 18.6 Å². The van der Waals surface area contributed by atoms with Gasteiger partial charge in [0, 0.05) is 12.6 Å². The molecule has 0 saturated carbocycles. The molecule has 0 unspecified atom stereocenters. The normalized spacial score (nSPS) is 10.4. The van der Waals surface area contributed by atoms with Crippen molar-refractivity contribution in [3.8, 4) is 0 Å². The average molecular weight is 354 g/mol. The van der Waals surface area contributed by atoms with E-state index in [9.17, 15) is 13.6 Å². The summed E-state index contributed by atoms with van der Waals surface area (Å²) in [5, 5.41) is 5.44. The van der Waals surface area contributed by atoms with Crippen molar-refractivity contribution in [1.82, 2.24) is 15.3 Å². The Hall–Kier alpha value is -3.35. The molecule has 0 radical (unpaired) electrons. The SMILES string of the molecule is Cc1ccc(CNC(=O)c2cnc(Nc3ccc(F)cc3F)cn2)cc1. The summed E-state index contributed by atoms with van der Waals surface area (Å²) in [5.41, 5.74) is 2.33. The third-order valence-corrected chi connectivity index (χ3v) is 3.65. The van der Waals surface area contributed by atoms with Crippen molar-refractivity contribution >= 4 is 17.4 Å². The van der Waals surface area contributed by atoms with Gasteiger partial charge in [0.05, 0.1) is 18.1 Å². The van der Waals surface area contributed by atoms with Crippen molar-refractivity contribution in [3.63, 3.8) is 0 Å². The molecule has 0 saturated heterocycles. The fourth-order valence-corrected chi connectivity index (χ4v) is 2.22. The molecule has 0 spiro atoms. The zero-order valence-corrected chi connectivity index (χ0v) is 14.0. The lowest BCUT2D eigenvalue weighted by Gasteiger charge is -2.08. The summed E-state index contributed by atoms with van der Waals surface area (Å²) in [6, 6.07) is 11.0. The lowest BCUT2D eigenvalue weighted by molar-refractivity contribution is 0.0945. The summed E-state index contributed by atoms with van der Waals surface area (Å²) in [6.45, 7) is 2.37. The van der Waals surface area contributed by atoms with E-state index >= 15 is 0 Å². The number of anilines is 2. The number of aromatic nitrogens is 2. The van der Waals surface area contributed by atoms with Crippen molar-refractivity contribution < 1.29 is 13.6 Å². The number of hydrogen-bond donors (Lipinski definition) is 2. The second-order valence-electron chi connectivity index (χ2n) is 5.70. The predicted molar refractivity (Wildman–Crippen MR) is 94.0 cm³/mol. The van der Waals surface area contributed by atoms with E-state index in [1.807, 2.05) is 31.2 Å². The number of amides is 1. The van der Waals surface area contributed by atoms with Crippen LogP contribution in [-0.4, -0.2) is 15.9 Å². The lowest BCUT2D eigenvalue weighted by atomic mass is 10.1. The minimum atomic E-state index is -0.744. The topological polar surface area (TPSA) is 66.9 Å². The molecule has 0 aliphatic rings. The van der Waals surface area contributed by atoms with Gasteiger partial charge < -0.3 is 10.6 Å². The summed E-state index contributed by atoms with van der Waals surface area (Å²) in [5.74, 6) is -1.53. The number of hydrogen-bond acceptors (Lipinski definition) is 4. The molecule has 26 heavy (non-hydrogen) atoms. The van der Waals surface area contributed by atoms with Crippen molar-refractivity contribution in [2.45, 2.75) is 13.5 Å². The Morgan fingerprint density at radius 3 is 2.46 bits per heavy atom. The fourth-order valence-electron chi connectivity index (χ4n) is 2.22. The van der Waals surface area contributed by atoms with Crippen molar-refractivity contribution in [1.29, 1.82) is 0 Å². The Morgan fingerprint density at radius 2 is 1.81 bits per heavy atom. The average Bonchev–Trinajstić information content (AvgIpc) is 2.64. The highest BCUT2D eigenvalue weighted by atomic mass is 19.1. The highest BCUT2D eigenvalue weighted by molar-refractivity contribution is 5.92. The van der Waals surface area contributed by atoms with Crippen LogP contribution in [0.4, 0.5) is 20.3 Å². The zero-order chi connectivity index (χ0) is 18.5. The fraction of sp³-hybridized carbons (Fsp3) is 0.105. The molecule has 0 aliphatic heterocycles. The Balaban J connectivity index is 1.61. The van der Waals surface area contributed by atoms with E-state index in [2.05, 4.69) is 20.6 Å². The van der Waals surface area contributed by atoms with Crippen LogP contribution in [-0.2, 0) is 6.54 Å². The number of aryl methyl sites for hydroxylation is 1. The minimum absolute atomic E-state index is 0.0669. The van der Waals surface area contributed by atoms with Crippen LogP contribution >= 0.6 is 0 Å². The van der Waals surface area contributed by atoms with Crippen molar-refractivity contribution in [2.75, 3.05) is 5.32 Å². The molecule has 0 atom stereocenters. The van der Waals surface area contributed by atoms with E-state index in [0.29, 0.717) is 6.54 Å². The number of nitrogens with one attached hydrogen (secondary N) is 2. The number of carbonyl (C=O) groups excluding carboxylic acids is 1. The monoisotopic (exact) mass is 354 g/mol. The molecule has 1 heterocycles. The molecule has 3 aromatic rings. The van der Waals surface area contributed by atoms with Crippen LogP contribution in [0.15, 0.2) is 54.9 Å². The maximum absolute atomic E-state index is 13.6. The van der Waals surface area contributed by atoms with Gasteiger partial charge in [0.25, 0.3) is 5.91 Å². The second-order valence-corrected chi connectivity index (χ2v) is 5.70. The van der Waals surface area contributed by atoms with Gasteiger partial charge in [-0.15, -0.1) is 0 Å². The first-order valence-corrected chi connectivity index (χ1v) is 7.89. The maximum Gasteiger partial charge on any atom is 0.271 e. The maximum atomic E-state index is 13.6. The number of nitrogens with zero attached hydrogens (tertiary/aromatic N) is 2. The minimum Gasteiger partial charge on any atom is -0.347 e.